The smallest absolute Gasteiger partial charge is 0.344 e. The monoisotopic (exact) mass is 708 g/mol. The summed E-state index contributed by atoms with van der Waals surface area (Å²) in [6.07, 6.45) is 20.2. The second-order valence-electron chi connectivity index (χ2n) is 12.0. The van der Waals surface area contributed by atoms with Crippen LogP contribution in [0.15, 0.2) is 71.2 Å². The van der Waals surface area contributed by atoms with Crippen molar-refractivity contribution in [3.63, 3.8) is 0 Å². The van der Waals surface area contributed by atoms with Gasteiger partial charge in [-0.15, -0.1) is 0 Å². The molecule has 0 bridgehead atoms. The van der Waals surface area contributed by atoms with E-state index in [1.54, 1.807) is 48.5 Å². The van der Waals surface area contributed by atoms with Crippen LogP contribution in [0, 0.1) is 0 Å². The van der Waals surface area contributed by atoms with Gasteiger partial charge in [0.15, 0.2) is 0 Å². The van der Waals surface area contributed by atoms with Gasteiger partial charge in [-0.1, -0.05) is 110 Å². The van der Waals surface area contributed by atoms with Gasteiger partial charge in [-0.3, -0.25) is 0 Å². The molecule has 47 heavy (non-hydrogen) atoms. The molecule has 0 N–H and O–H groups in total. The third-order valence-electron chi connectivity index (χ3n) is 8.04. The van der Waals surface area contributed by atoms with E-state index < -0.39 is 11.9 Å². The van der Waals surface area contributed by atoms with E-state index in [1.807, 2.05) is 18.2 Å². The molecule has 0 spiro atoms. The molecule has 6 nitrogen and oxygen atoms in total. The highest BCUT2D eigenvalue weighted by molar-refractivity contribution is 9.10. The first-order valence-corrected chi connectivity index (χ1v) is 18.5. The predicted octanol–water partition coefficient (Wildman–Crippen LogP) is 11.9. The van der Waals surface area contributed by atoms with Crippen LogP contribution in [0.3, 0.4) is 0 Å². The molecule has 0 heterocycles. The summed E-state index contributed by atoms with van der Waals surface area (Å²) in [6, 6.07) is 18.6. The summed E-state index contributed by atoms with van der Waals surface area (Å²) in [4.78, 5) is 25.6. The van der Waals surface area contributed by atoms with E-state index in [-0.39, 0.29) is 0 Å². The van der Waals surface area contributed by atoms with Crippen LogP contribution in [0.5, 0.6) is 23.0 Å². The Morgan fingerprint density at radius 1 is 0.511 bits per heavy atom. The van der Waals surface area contributed by atoms with Gasteiger partial charge in [-0.2, -0.15) is 0 Å². The zero-order chi connectivity index (χ0) is 33.5. The standard InChI is InChI=1S/C40H53BrO6/c1-3-5-7-9-10-11-12-13-14-15-16-18-30-44-33-26-28-35(29-27-33)46-39(42)32-22-24-34(25-23-32)47-40(43)36-20-19-21-37(38(36)41)45-31-17-8-6-4-2/h19-29H,3-18,30-31H2,1-2H3. The van der Waals surface area contributed by atoms with Gasteiger partial charge in [0.05, 0.1) is 28.8 Å². The van der Waals surface area contributed by atoms with Crippen LogP contribution in [-0.4, -0.2) is 25.2 Å². The largest absolute Gasteiger partial charge is 0.494 e. The Morgan fingerprint density at radius 3 is 1.53 bits per heavy atom. The van der Waals surface area contributed by atoms with Crippen LogP contribution in [0.1, 0.15) is 137 Å². The van der Waals surface area contributed by atoms with Crippen molar-refractivity contribution in [2.75, 3.05) is 13.2 Å². The van der Waals surface area contributed by atoms with E-state index in [9.17, 15) is 9.59 Å². The van der Waals surface area contributed by atoms with Crippen molar-refractivity contribution < 1.29 is 28.5 Å². The molecule has 3 rings (SSSR count). The fourth-order valence-electron chi connectivity index (χ4n) is 5.21. The molecule has 256 valence electrons. The van der Waals surface area contributed by atoms with Crippen molar-refractivity contribution in [3.05, 3.63) is 82.3 Å². The second-order valence-corrected chi connectivity index (χ2v) is 12.8. The maximum Gasteiger partial charge on any atom is 0.344 e. The summed E-state index contributed by atoms with van der Waals surface area (Å²) in [7, 11) is 0. The predicted molar refractivity (Wildman–Crippen MR) is 193 cm³/mol. The summed E-state index contributed by atoms with van der Waals surface area (Å²) < 4.78 is 23.4. The van der Waals surface area contributed by atoms with Crippen molar-refractivity contribution in [2.45, 2.75) is 117 Å². The van der Waals surface area contributed by atoms with E-state index in [1.165, 1.54) is 77.0 Å². The van der Waals surface area contributed by atoms with E-state index in [4.69, 9.17) is 18.9 Å². The Hall–Kier alpha value is -3.32. The lowest BCUT2D eigenvalue weighted by Gasteiger charge is -2.11. The average molecular weight is 710 g/mol. The number of rotatable bonds is 24. The molecule has 7 heteroatoms. The van der Waals surface area contributed by atoms with E-state index >= 15 is 0 Å². The molecular formula is C40H53BrO6. The number of carbonyl (C=O) groups excluding carboxylic acids is 2. The summed E-state index contributed by atoms with van der Waals surface area (Å²) >= 11 is 3.49. The first-order chi connectivity index (χ1) is 23.0. The Bertz CT molecular complexity index is 1310. The molecule has 0 amide bonds. The maximum atomic E-state index is 12.9. The molecule has 0 aliphatic carbocycles. The molecule has 0 unspecified atom stereocenters. The number of hydrogen-bond donors (Lipinski definition) is 0. The van der Waals surface area contributed by atoms with Gasteiger partial charge in [0.25, 0.3) is 0 Å². The molecule has 0 radical (unpaired) electrons. The molecule has 3 aromatic rings. The van der Waals surface area contributed by atoms with E-state index in [0.717, 1.165) is 31.4 Å². The van der Waals surface area contributed by atoms with Crippen LogP contribution in [0.2, 0.25) is 0 Å². The Kier molecular flexibility index (Phi) is 18.7. The number of ether oxygens (including phenoxy) is 4. The quantitative estimate of drug-likeness (QED) is 0.0524. The third-order valence-corrected chi connectivity index (χ3v) is 8.86. The number of unbranched alkanes of at least 4 members (excludes halogenated alkanes) is 14. The zero-order valence-electron chi connectivity index (χ0n) is 28.4. The van der Waals surface area contributed by atoms with Gasteiger partial charge in [-0.25, -0.2) is 9.59 Å². The van der Waals surface area contributed by atoms with Gasteiger partial charge in [0, 0.05) is 0 Å². The average Bonchev–Trinajstić information content (AvgIpc) is 3.08. The topological polar surface area (TPSA) is 71.1 Å². The fourth-order valence-corrected chi connectivity index (χ4v) is 5.76. The summed E-state index contributed by atoms with van der Waals surface area (Å²) in [6.45, 7) is 5.71. The van der Waals surface area contributed by atoms with Gasteiger partial charge < -0.3 is 18.9 Å². The highest BCUT2D eigenvalue weighted by atomic mass is 79.9. The molecular weight excluding hydrogens is 656 g/mol. The van der Waals surface area contributed by atoms with E-state index in [0.29, 0.717) is 46.1 Å². The highest BCUT2D eigenvalue weighted by Crippen LogP contribution is 2.30. The number of hydrogen-bond acceptors (Lipinski definition) is 6. The molecule has 0 aromatic heterocycles. The first kappa shape index (κ1) is 38.1. The van der Waals surface area contributed by atoms with Crippen LogP contribution in [-0.2, 0) is 0 Å². The van der Waals surface area contributed by atoms with Crippen LogP contribution in [0.25, 0.3) is 0 Å². The minimum absolute atomic E-state index is 0.319. The summed E-state index contributed by atoms with van der Waals surface area (Å²) in [5.41, 5.74) is 0.706. The summed E-state index contributed by atoms with van der Waals surface area (Å²) in [5.74, 6) is 1.09. The highest BCUT2D eigenvalue weighted by Gasteiger charge is 2.17. The third kappa shape index (κ3) is 15.0. The van der Waals surface area contributed by atoms with Crippen LogP contribution >= 0.6 is 15.9 Å². The minimum atomic E-state index is -0.523. The Balaban J connectivity index is 1.34. The van der Waals surface area contributed by atoms with Gasteiger partial charge in [0.2, 0.25) is 0 Å². The van der Waals surface area contributed by atoms with Crippen molar-refractivity contribution in [2.24, 2.45) is 0 Å². The van der Waals surface area contributed by atoms with Gasteiger partial charge in [-0.05, 0) is 89.4 Å². The lowest BCUT2D eigenvalue weighted by atomic mass is 10.1. The van der Waals surface area contributed by atoms with E-state index in [2.05, 4.69) is 29.8 Å². The zero-order valence-corrected chi connectivity index (χ0v) is 30.0. The lowest BCUT2D eigenvalue weighted by molar-refractivity contribution is 0.0729. The Labute approximate surface area is 290 Å². The Morgan fingerprint density at radius 2 is 0.957 bits per heavy atom. The summed E-state index contributed by atoms with van der Waals surface area (Å²) in [5, 5.41) is 0. The number of carbonyl (C=O) groups is 2. The SMILES string of the molecule is CCCCCCCCCCCCCCOc1ccc(OC(=O)c2ccc(OC(=O)c3cccc(OCCCCCC)c3Br)cc2)cc1. The maximum absolute atomic E-state index is 12.9. The molecule has 3 aromatic carbocycles. The fraction of sp³-hybridized carbons (Fsp3) is 0.500. The van der Waals surface area contributed by atoms with Crippen molar-refractivity contribution in [1.29, 1.82) is 0 Å². The molecule has 0 fully saturated rings. The molecule has 0 aliphatic heterocycles. The van der Waals surface area contributed by atoms with Crippen molar-refractivity contribution in [3.8, 4) is 23.0 Å². The first-order valence-electron chi connectivity index (χ1n) is 17.7. The van der Waals surface area contributed by atoms with Crippen molar-refractivity contribution >= 4 is 27.9 Å². The second kappa shape index (κ2) is 23.1. The van der Waals surface area contributed by atoms with Crippen molar-refractivity contribution in [1.82, 2.24) is 0 Å². The number of benzene rings is 3. The molecule has 0 atom stereocenters. The van der Waals surface area contributed by atoms with Crippen LogP contribution in [0.4, 0.5) is 0 Å². The lowest BCUT2D eigenvalue weighted by Crippen LogP contribution is -2.11. The van der Waals surface area contributed by atoms with Crippen LogP contribution < -0.4 is 18.9 Å². The van der Waals surface area contributed by atoms with Gasteiger partial charge >= 0.3 is 11.9 Å². The molecule has 0 saturated carbocycles. The molecule has 0 aliphatic rings. The molecule has 0 saturated heterocycles. The number of esters is 2. The normalized spacial score (nSPS) is 10.9. The number of halogens is 1. The minimum Gasteiger partial charge on any atom is -0.494 e. The van der Waals surface area contributed by atoms with Gasteiger partial charge in [0.1, 0.15) is 23.0 Å².